The summed E-state index contributed by atoms with van der Waals surface area (Å²) in [6, 6.07) is 7.60. The van der Waals surface area contributed by atoms with E-state index in [1.807, 2.05) is 41.0 Å². The van der Waals surface area contributed by atoms with Crippen LogP contribution in [0, 0.1) is 11.8 Å². The molecule has 8 nitrogen and oxygen atoms in total. The molecule has 2 saturated heterocycles. The van der Waals surface area contributed by atoms with Gasteiger partial charge in [0, 0.05) is 62.0 Å². The van der Waals surface area contributed by atoms with E-state index < -0.39 is 0 Å². The standard InChI is InChI=1S/C25H34N4O4/c1-17(24(31)26-10-4-12-28-11-3-5-23(28)30)18-8-13-29(14-9-18)25(32)22-15-19-6-7-20(33-2)16-21(19)27-22/h6-7,15-18,27H,3-5,8-14H2,1-2H3,(H,26,31)/t17-/m1/s1. The molecule has 2 fully saturated rings. The number of aromatic amines is 1. The van der Waals surface area contributed by atoms with Gasteiger partial charge < -0.3 is 24.8 Å². The van der Waals surface area contributed by atoms with Crippen molar-refractivity contribution < 1.29 is 19.1 Å². The number of H-pyrrole nitrogens is 1. The zero-order chi connectivity index (χ0) is 23.4. The van der Waals surface area contributed by atoms with Gasteiger partial charge in [0.2, 0.25) is 11.8 Å². The Morgan fingerprint density at radius 2 is 2.00 bits per heavy atom. The third kappa shape index (κ3) is 5.31. The number of likely N-dealkylation sites (tertiary alicyclic amines) is 2. The first-order chi connectivity index (χ1) is 16.0. The summed E-state index contributed by atoms with van der Waals surface area (Å²) in [5, 5.41) is 4.01. The number of carbonyl (C=O) groups excluding carboxylic acids is 3. The second-order valence-corrected chi connectivity index (χ2v) is 9.18. The van der Waals surface area contributed by atoms with Crippen molar-refractivity contribution in [2.75, 3.05) is 39.8 Å². The van der Waals surface area contributed by atoms with Crippen LogP contribution in [-0.4, -0.2) is 72.3 Å². The fraction of sp³-hybridized carbons (Fsp3) is 0.560. The molecule has 178 valence electrons. The van der Waals surface area contributed by atoms with Crippen LogP contribution in [-0.2, 0) is 9.59 Å². The van der Waals surface area contributed by atoms with E-state index >= 15 is 0 Å². The van der Waals surface area contributed by atoms with Gasteiger partial charge in [-0.25, -0.2) is 0 Å². The molecule has 3 amide bonds. The van der Waals surface area contributed by atoms with E-state index in [1.54, 1.807) is 7.11 Å². The van der Waals surface area contributed by atoms with E-state index in [9.17, 15) is 14.4 Å². The predicted octanol–water partition coefficient (Wildman–Crippen LogP) is 2.79. The van der Waals surface area contributed by atoms with E-state index in [0.29, 0.717) is 38.3 Å². The van der Waals surface area contributed by atoms with Crippen LogP contribution < -0.4 is 10.1 Å². The van der Waals surface area contributed by atoms with Crippen LogP contribution in [0.15, 0.2) is 24.3 Å². The summed E-state index contributed by atoms with van der Waals surface area (Å²) in [6.07, 6.45) is 4.01. The van der Waals surface area contributed by atoms with Gasteiger partial charge in [-0.1, -0.05) is 6.92 Å². The Balaban J connectivity index is 1.22. The quantitative estimate of drug-likeness (QED) is 0.600. The Morgan fingerprint density at radius 3 is 2.70 bits per heavy atom. The van der Waals surface area contributed by atoms with E-state index in [-0.39, 0.29) is 29.6 Å². The number of ether oxygens (including phenoxy) is 1. The summed E-state index contributed by atoms with van der Waals surface area (Å²) in [4.78, 5) is 44.2. The van der Waals surface area contributed by atoms with Crippen molar-refractivity contribution in [3.05, 3.63) is 30.0 Å². The third-order valence-corrected chi connectivity index (χ3v) is 7.08. The zero-order valence-corrected chi connectivity index (χ0v) is 19.6. The van der Waals surface area contributed by atoms with Gasteiger partial charge in [0.05, 0.1) is 7.11 Å². The van der Waals surface area contributed by atoms with Crippen LogP contribution in [0.5, 0.6) is 5.75 Å². The minimum atomic E-state index is -0.0868. The van der Waals surface area contributed by atoms with Crippen molar-refractivity contribution in [3.8, 4) is 5.75 Å². The minimum Gasteiger partial charge on any atom is -0.497 e. The Labute approximate surface area is 194 Å². The maximum Gasteiger partial charge on any atom is 0.270 e. The molecule has 2 aliphatic rings. The van der Waals surface area contributed by atoms with Crippen molar-refractivity contribution in [3.63, 3.8) is 0 Å². The molecular formula is C25H34N4O4. The van der Waals surface area contributed by atoms with Gasteiger partial charge in [-0.2, -0.15) is 0 Å². The Kier molecular flexibility index (Phi) is 7.20. The SMILES string of the molecule is COc1ccc2cc(C(=O)N3CCC([C@@H](C)C(=O)NCCCN4CCCC4=O)CC3)[nH]c2c1. The summed E-state index contributed by atoms with van der Waals surface area (Å²) >= 11 is 0. The molecule has 1 atom stereocenters. The van der Waals surface area contributed by atoms with Crippen molar-refractivity contribution in [2.24, 2.45) is 11.8 Å². The van der Waals surface area contributed by atoms with Crippen molar-refractivity contribution in [2.45, 2.75) is 39.0 Å². The lowest BCUT2D eigenvalue weighted by atomic mass is 9.84. The van der Waals surface area contributed by atoms with Gasteiger partial charge in [-0.05, 0) is 49.8 Å². The predicted molar refractivity (Wildman–Crippen MR) is 126 cm³/mol. The number of benzene rings is 1. The van der Waals surface area contributed by atoms with Crippen LogP contribution in [0.2, 0.25) is 0 Å². The van der Waals surface area contributed by atoms with Gasteiger partial charge in [0.1, 0.15) is 11.4 Å². The Morgan fingerprint density at radius 1 is 1.21 bits per heavy atom. The second-order valence-electron chi connectivity index (χ2n) is 9.18. The number of amides is 3. The molecule has 0 aliphatic carbocycles. The third-order valence-electron chi connectivity index (χ3n) is 7.08. The van der Waals surface area contributed by atoms with Crippen molar-refractivity contribution in [1.29, 1.82) is 0 Å². The highest BCUT2D eigenvalue weighted by Gasteiger charge is 2.30. The average molecular weight is 455 g/mol. The molecule has 2 N–H and O–H groups in total. The van der Waals surface area contributed by atoms with Crippen LogP contribution >= 0.6 is 0 Å². The number of aromatic nitrogens is 1. The van der Waals surface area contributed by atoms with Crippen LogP contribution in [0.4, 0.5) is 0 Å². The summed E-state index contributed by atoms with van der Waals surface area (Å²) in [7, 11) is 1.62. The fourth-order valence-electron chi connectivity index (χ4n) is 4.92. The summed E-state index contributed by atoms with van der Waals surface area (Å²) < 4.78 is 5.26. The highest BCUT2D eigenvalue weighted by atomic mass is 16.5. The average Bonchev–Trinajstić information content (AvgIpc) is 3.46. The van der Waals surface area contributed by atoms with Gasteiger partial charge in [-0.3, -0.25) is 14.4 Å². The van der Waals surface area contributed by atoms with Gasteiger partial charge >= 0.3 is 0 Å². The van der Waals surface area contributed by atoms with Crippen LogP contribution in [0.1, 0.15) is 49.5 Å². The first-order valence-electron chi connectivity index (χ1n) is 12.0. The number of rotatable bonds is 8. The lowest BCUT2D eigenvalue weighted by Crippen LogP contribution is -2.43. The maximum absolute atomic E-state index is 13.0. The molecular weight excluding hydrogens is 420 g/mol. The molecule has 0 spiro atoms. The summed E-state index contributed by atoms with van der Waals surface area (Å²) in [6.45, 7) is 5.43. The molecule has 3 heterocycles. The van der Waals surface area contributed by atoms with Gasteiger partial charge in [0.25, 0.3) is 5.91 Å². The number of nitrogens with one attached hydrogen (secondary N) is 2. The first kappa shape index (κ1) is 23.1. The molecule has 2 aliphatic heterocycles. The topological polar surface area (TPSA) is 94.7 Å². The maximum atomic E-state index is 13.0. The normalized spacial score (nSPS) is 18.1. The molecule has 0 bridgehead atoms. The highest BCUT2D eigenvalue weighted by molar-refractivity contribution is 5.98. The van der Waals surface area contributed by atoms with E-state index in [2.05, 4.69) is 10.3 Å². The lowest BCUT2D eigenvalue weighted by molar-refractivity contribution is -0.127. The number of methoxy groups -OCH3 is 1. The lowest BCUT2D eigenvalue weighted by Gasteiger charge is -2.34. The summed E-state index contributed by atoms with van der Waals surface area (Å²) in [5.41, 5.74) is 1.46. The Hall–Kier alpha value is -3.03. The molecule has 0 radical (unpaired) electrons. The van der Waals surface area contributed by atoms with Crippen LogP contribution in [0.3, 0.4) is 0 Å². The number of piperidine rings is 1. The molecule has 8 heteroatoms. The molecule has 0 saturated carbocycles. The van der Waals surface area contributed by atoms with Crippen molar-refractivity contribution in [1.82, 2.24) is 20.1 Å². The molecule has 4 rings (SSSR count). The number of hydrogen-bond acceptors (Lipinski definition) is 4. The molecule has 1 aromatic heterocycles. The number of hydrogen-bond donors (Lipinski definition) is 2. The van der Waals surface area contributed by atoms with Crippen molar-refractivity contribution >= 4 is 28.6 Å². The monoisotopic (exact) mass is 454 g/mol. The molecule has 1 aromatic carbocycles. The van der Waals surface area contributed by atoms with E-state index in [0.717, 1.165) is 48.9 Å². The van der Waals surface area contributed by atoms with Crippen LogP contribution in [0.25, 0.3) is 10.9 Å². The first-order valence-corrected chi connectivity index (χ1v) is 12.0. The summed E-state index contributed by atoms with van der Waals surface area (Å²) in [5.74, 6) is 1.22. The van der Waals surface area contributed by atoms with Gasteiger partial charge in [0.15, 0.2) is 0 Å². The Bertz CT molecular complexity index is 1010. The largest absolute Gasteiger partial charge is 0.497 e. The number of fused-ring (bicyclic) bond motifs is 1. The fourth-order valence-corrected chi connectivity index (χ4v) is 4.92. The molecule has 0 unspecified atom stereocenters. The second kappa shape index (κ2) is 10.3. The van der Waals surface area contributed by atoms with E-state index in [1.165, 1.54) is 0 Å². The zero-order valence-electron chi connectivity index (χ0n) is 19.6. The number of carbonyl (C=O) groups is 3. The number of nitrogens with zero attached hydrogens (tertiary/aromatic N) is 2. The molecule has 2 aromatic rings. The smallest absolute Gasteiger partial charge is 0.270 e. The minimum absolute atomic E-state index is 0.00261. The highest BCUT2D eigenvalue weighted by Crippen LogP contribution is 2.27. The van der Waals surface area contributed by atoms with Gasteiger partial charge in [-0.15, -0.1) is 0 Å². The van der Waals surface area contributed by atoms with E-state index in [4.69, 9.17) is 4.74 Å². The molecule has 33 heavy (non-hydrogen) atoms.